The summed E-state index contributed by atoms with van der Waals surface area (Å²) in [6.45, 7) is 0.372. The number of aryl methyl sites for hydroxylation is 2. The molecule has 0 saturated carbocycles. The fourth-order valence-corrected chi connectivity index (χ4v) is 5.05. The number of hydrogen-bond donors (Lipinski definition) is 2. The molecular weight excluding hydrogens is 510 g/mol. The molecule has 1 aliphatic heterocycles. The number of hydroxylamine groups is 1. The summed E-state index contributed by atoms with van der Waals surface area (Å²) in [6, 6.07) is 16.5. The van der Waals surface area contributed by atoms with Crippen molar-refractivity contribution < 1.29 is 14.0 Å². The molecule has 2 N–H and O–H groups in total. The highest BCUT2D eigenvalue weighted by Crippen LogP contribution is 2.43. The van der Waals surface area contributed by atoms with Crippen LogP contribution in [0.25, 0.3) is 16.1 Å². The van der Waals surface area contributed by atoms with Gasteiger partial charge in [-0.3, -0.25) is 0 Å². The molecule has 2 heterocycles. The Hall–Kier alpha value is -3.07. The SMILES string of the molecule is Cn1c(CCCOc2cccc(SNc3ccc(Cl)c4c3ONC=C4Cl)c2F)nc2ccccc21. The molecule has 35 heavy (non-hydrogen) atoms. The Kier molecular flexibility index (Phi) is 6.95. The number of halogens is 3. The Morgan fingerprint density at radius 3 is 2.86 bits per heavy atom. The number of para-hydroxylation sites is 2. The predicted octanol–water partition coefficient (Wildman–Crippen LogP) is 6.93. The molecule has 0 atom stereocenters. The van der Waals surface area contributed by atoms with Crippen molar-refractivity contribution in [3.05, 3.63) is 83.0 Å². The summed E-state index contributed by atoms with van der Waals surface area (Å²) >= 11 is 13.6. The van der Waals surface area contributed by atoms with Gasteiger partial charge in [-0.05, 0) is 54.8 Å². The number of rotatable bonds is 8. The number of imidazole rings is 1. The van der Waals surface area contributed by atoms with Crippen molar-refractivity contribution in [3.8, 4) is 11.5 Å². The van der Waals surface area contributed by atoms with E-state index >= 15 is 4.39 Å². The first-order chi connectivity index (χ1) is 17.0. The second-order valence-corrected chi connectivity index (χ2v) is 9.47. The van der Waals surface area contributed by atoms with Crippen molar-refractivity contribution in [1.29, 1.82) is 0 Å². The molecule has 1 aliphatic rings. The Labute approximate surface area is 216 Å². The van der Waals surface area contributed by atoms with E-state index in [1.165, 1.54) is 6.20 Å². The van der Waals surface area contributed by atoms with Crippen LogP contribution in [0.1, 0.15) is 17.8 Å². The quantitative estimate of drug-likeness (QED) is 0.190. The normalized spacial score (nSPS) is 12.5. The van der Waals surface area contributed by atoms with Crippen molar-refractivity contribution in [1.82, 2.24) is 15.0 Å². The standard InChI is InChI=1S/C25H21Cl2FN4O2S/c1-32-19-7-3-2-6-17(19)30-22(32)10-5-13-33-20-8-4-9-21(24(20)28)35-31-18-12-11-15(26)23-16(27)14-29-34-25(18)23/h2-4,6-9,11-12,14,29,31H,5,10,13H2,1H3. The summed E-state index contributed by atoms with van der Waals surface area (Å²) in [4.78, 5) is 10.5. The number of benzene rings is 3. The van der Waals surface area contributed by atoms with Crippen LogP contribution in [0.3, 0.4) is 0 Å². The van der Waals surface area contributed by atoms with Crippen LogP contribution in [-0.4, -0.2) is 16.2 Å². The third-order valence-corrected chi connectivity index (χ3v) is 7.04. The topological polar surface area (TPSA) is 60.3 Å². The first-order valence-electron chi connectivity index (χ1n) is 10.9. The summed E-state index contributed by atoms with van der Waals surface area (Å²) in [5.74, 6) is 1.17. The first-order valence-corrected chi connectivity index (χ1v) is 12.5. The van der Waals surface area contributed by atoms with Crippen molar-refractivity contribution in [2.75, 3.05) is 11.3 Å². The fourth-order valence-electron chi connectivity index (χ4n) is 3.80. The van der Waals surface area contributed by atoms with Crippen LogP contribution in [-0.2, 0) is 13.5 Å². The van der Waals surface area contributed by atoms with Crippen LogP contribution in [0.5, 0.6) is 11.5 Å². The van der Waals surface area contributed by atoms with E-state index in [4.69, 9.17) is 32.8 Å². The van der Waals surface area contributed by atoms with E-state index in [2.05, 4.69) is 19.8 Å². The summed E-state index contributed by atoms with van der Waals surface area (Å²) in [6.07, 6.45) is 2.95. The minimum absolute atomic E-state index is 0.198. The van der Waals surface area contributed by atoms with Gasteiger partial charge < -0.3 is 18.9 Å². The maximum absolute atomic E-state index is 15.1. The molecule has 4 aromatic rings. The van der Waals surface area contributed by atoms with Crippen LogP contribution in [0.15, 0.2) is 65.7 Å². The fraction of sp³-hybridized carbons (Fsp3) is 0.160. The monoisotopic (exact) mass is 530 g/mol. The Morgan fingerprint density at radius 2 is 2.00 bits per heavy atom. The lowest BCUT2D eigenvalue weighted by Crippen LogP contribution is -2.17. The summed E-state index contributed by atoms with van der Waals surface area (Å²) in [5, 5.41) is 0.878. The van der Waals surface area contributed by atoms with Gasteiger partial charge in [-0.25, -0.2) is 14.9 Å². The molecule has 0 amide bonds. The second-order valence-electron chi connectivity index (χ2n) is 7.81. The number of fused-ring (bicyclic) bond motifs is 2. The highest BCUT2D eigenvalue weighted by molar-refractivity contribution is 8.00. The van der Waals surface area contributed by atoms with Crippen LogP contribution >= 0.6 is 35.1 Å². The van der Waals surface area contributed by atoms with E-state index in [0.29, 0.717) is 45.0 Å². The first kappa shape index (κ1) is 23.7. The van der Waals surface area contributed by atoms with E-state index < -0.39 is 5.82 Å². The molecule has 6 nitrogen and oxygen atoms in total. The largest absolute Gasteiger partial charge is 0.490 e. The minimum Gasteiger partial charge on any atom is -0.490 e. The number of ether oxygens (including phenoxy) is 1. The third kappa shape index (κ3) is 4.87. The molecule has 1 aromatic heterocycles. The predicted molar refractivity (Wildman–Crippen MR) is 139 cm³/mol. The van der Waals surface area contributed by atoms with Crippen LogP contribution < -0.4 is 19.8 Å². The van der Waals surface area contributed by atoms with Gasteiger partial charge in [0.25, 0.3) is 0 Å². The van der Waals surface area contributed by atoms with Crippen molar-refractivity contribution in [2.45, 2.75) is 17.7 Å². The smallest absolute Gasteiger partial charge is 0.189 e. The average molecular weight is 531 g/mol. The Balaban J connectivity index is 1.21. The zero-order valence-corrected chi connectivity index (χ0v) is 21.0. The molecule has 180 valence electrons. The molecular formula is C25H21Cl2FN4O2S. The van der Waals surface area contributed by atoms with Gasteiger partial charge in [0.2, 0.25) is 0 Å². The minimum atomic E-state index is -0.437. The lowest BCUT2D eigenvalue weighted by atomic mass is 10.1. The van der Waals surface area contributed by atoms with Gasteiger partial charge in [-0.15, -0.1) is 0 Å². The average Bonchev–Trinajstić information content (AvgIpc) is 3.18. The summed E-state index contributed by atoms with van der Waals surface area (Å²) in [5.41, 5.74) is 5.85. The molecule has 3 aromatic carbocycles. The van der Waals surface area contributed by atoms with E-state index in [-0.39, 0.29) is 5.75 Å². The molecule has 0 saturated heterocycles. The van der Waals surface area contributed by atoms with Gasteiger partial charge in [-0.1, -0.05) is 41.4 Å². The number of nitrogens with one attached hydrogen (secondary N) is 2. The lowest BCUT2D eigenvalue weighted by molar-refractivity contribution is 0.240. The van der Waals surface area contributed by atoms with Gasteiger partial charge in [0.05, 0.1) is 50.0 Å². The van der Waals surface area contributed by atoms with E-state index in [9.17, 15) is 0 Å². The van der Waals surface area contributed by atoms with Gasteiger partial charge in [-0.2, -0.15) is 0 Å². The number of anilines is 1. The molecule has 5 rings (SSSR count). The number of hydrogen-bond acceptors (Lipinski definition) is 6. The molecule has 0 radical (unpaired) electrons. The van der Waals surface area contributed by atoms with E-state index in [1.807, 2.05) is 31.3 Å². The zero-order valence-electron chi connectivity index (χ0n) is 18.6. The van der Waals surface area contributed by atoms with Gasteiger partial charge in [0.15, 0.2) is 17.3 Å². The lowest BCUT2D eigenvalue weighted by Gasteiger charge is -2.20. The van der Waals surface area contributed by atoms with E-state index in [1.54, 1.807) is 30.3 Å². The van der Waals surface area contributed by atoms with Crippen LogP contribution in [0.2, 0.25) is 5.02 Å². The molecule has 0 bridgehead atoms. The highest BCUT2D eigenvalue weighted by atomic mass is 35.5. The molecule has 0 spiro atoms. The summed E-state index contributed by atoms with van der Waals surface area (Å²) < 4.78 is 26.0. The Bertz CT molecular complexity index is 1430. The molecule has 0 unspecified atom stereocenters. The molecule has 0 fully saturated rings. The van der Waals surface area contributed by atoms with Gasteiger partial charge >= 0.3 is 0 Å². The third-order valence-electron chi connectivity index (χ3n) is 5.57. The Morgan fingerprint density at radius 1 is 1.14 bits per heavy atom. The number of aromatic nitrogens is 2. The maximum atomic E-state index is 15.1. The maximum Gasteiger partial charge on any atom is 0.189 e. The van der Waals surface area contributed by atoms with Crippen molar-refractivity contribution in [2.24, 2.45) is 7.05 Å². The second kappa shape index (κ2) is 10.3. The van der Waals surface area contributed by atoms with Gasteiger partial charge in [0.1, 0.15) is 5.82 Å². The zero-order chi connectivity index (χ0) is 24.4. The molecule has 0 aliphatic carbocycles. The summed E-state index contributed by atoms with van der Waals surface area (Å²) in [7, 11) is 2.00. The van der Waals surface area contributed by atoms with Crippen LogP contribution in [0.4, 0.5) is 10.1 Å². The molecule has 10 heteroatoms. The van der Waals surface area contributed by atoms with Crippen molar-refractivity contribution >= 4 is 56.9 Å². The van der Waals surface area contributed by atoms with Crippen LogP contribution in [0, 0.1) is 5.82 Å². The van der Waals surface area contributed by atoms with Gasteiger partial charge in [0, 0.05) is 13.5 Å². The van der Waals surface area contributed by atoms with Crippen molar-refractivity contribution in [3.63, 3.8) is 0 Å². The van der Waals surface area contributed by atoms with E-state index in [0.717, 1.165) is 35.2 Å². The highest BCUT2D eigenvalue weighted by Gasteiger charge is 2.21. The number of nitrogens with zero attached hydrogens (tertiary/aromatic N) is 2.